The van der Waals surface area contributed by atoms with Gasteiger partial charge in [-0.25, -0.2) is 0 Å². The number of aryl methyl sites for hydroxylation is 2. The van der Waals surface area contributed by atoms with Crippen molar-refractivity contribution in [3.8, 4) is 0 Å². The molecule has 0 N–H and O–H groups in total. The molecule has 0 spiro atoms. The van der Waals surface area contributed by atoms with Gasteiger partial charge in [0.25, 0.3) is 0 Å². The van der Waals surface area contributed by atoms with Crippen LogP contribution in [0.15, 0.2) is 39.7 Å². The highest BCUT2D eigenvalue weighted by Crippen LogP contribution is 2.20. The summed E-state index contributed by atoms with van der Waals surface area (Å²) in [6, 6.07) is 8.07. The van der Waals surface area contributed by atoms with Crippen LogP contribution < -0.4 is 4.80 Å². The molecule has 0 bridgehead atoms. The molecule has 0 radical (unpaired) electrons. The topological polar surface area (TPSA) is 117 Å². The molecule has 2 aromatic heterocycles. The van der Waals surface area contributed by atoms with Crippen molar-refractivity contribution in [1.29, 1.82) is 0 Å². The fraction of sp³-hybridized carbons (Fsp3) is 0.235. The van der Waals surface area contributed by atoms with E-state index >= 15 is 0 Å². The van der Waals surface area contributed by atoms with Crippen molar-refractivity contribution < 1.29 is 23.7 Å². The van der Waals surface area contributed by atoms with Gasteiger partial charge in [-0.1, -0.05) is 17.4 Å². The molecular formula is C17H15N3O6S. The molecular weight excluding hydrogens is 374 g/mol. The lowest BCUT2D eigenvalue weighted by atomic mass is 10.2. The fourth-order valence-electron chi connectivity index (χ4n) is 2.47. The van der Waals surface area contributed by atoms with Crippen LogP contribution in [0.5, 0.6) is 0 Å². The zero-order valence-electron chi connectivity index (χ0n) is 14.5. The third-order valence-electron chi connectivity index (χ3n) is 3.79. The van der Waals surface area contributed by atoms with Gasteiger partial charge in [-0.2, -0.15) is 4.99 Å². The van der Waals surface area contributed by atoms with E-state index < -0.39 is 16.7 Å². The summed E-state index contributed by atoms with van der Waals surface area (Å²) in [5.41, 5.74) is 1.87. The highest BCUT2D eigenvalue weighted by molar-refractivity contribution is 7.16. The van der Waals surface area contributed by atoms with E-state index in [4.69, 9.17) is 4.42 Å². The smallest absolute Gasteiger partial charge is 0.433 e. The van der Waals surface area contributed by atoms with E-state index in [9.17, 15) is 19.7 Å². The number of fused-ring (bicyclic) bond motifs is 1. The number of aromatic nitrogens is 1. The Kier molecular flexibility index (Phi) is 5.17. The number of nitrogens with zero attached hydrogens (tertiary/aromatic N) is 3. The number of methoxy groups -OCH3 is 1. The van der Waals surface area contributed by atoms with Crippen LogP contribution in [-0.4, -0.2) is 28.5 Å². The first kappa shape index (κ1) is 18.5. The van der Waals surface area contributed by atoms with Crippen molar-refractivity contribution in [2.75, 3.05) is 7.11 Å². The van der Waals surface area contributed by atoms with Crippen molar-refractivity contribution in [3.63, 3.8) is 0 Å². The summed E-state index contributed by atoms with van der Waals surface area (Å²) in [5, 5.41) is 10.7. The lowest BCUT2D eigenvalue weighted by Crippen LogP contribution is -2.19. The van der Waals surface area contributed by atoms with Crippen LogP contribution in [0.4, 0.5) is 5.88 Å². The highest BCUT2D eigenvalue weighted by Gasteiger charge is 2.18. The second-order valence-corrected chi connectivity index (χ2v) is 6.65. The number of hydrogen-bond acceptors (Lipinski definition) is 7. The molecule has 0 aliphatic rings. The van der Waals surface area contributed by atoms with Gasteiger partial charge in [-0.05, 0) is 30.7 Å². The van der Waals surface area contributed by atoms with Gasteiger partial charge in [0, 0.05) is 6.54 Å². The number of rotatable bonds is 5. The molecule has 0 saturated heterocycles. The number of amides is 1. The standard InChI is InChI=1S/C17H15N3O6S/c1-10-3-4-11-13(9-10)27-17(19(11)8-7-15(21)25-2)18-16(22)12-5-6-14(26-12)20(23)24/h3-6,9H,7-8H2,1-2H3. The molecule has 0 fully saturated rings. The predicted octanol–water partition coefficient (Wildman–Crippen LogP) is 2.82. The average molecular weight is 389 g/mol. The van der Waals surface area contributed by atoms with E-state index in [1.807, 2.05) is 25.1 Å². The van der Waals surface area contributed by atoms with Crippen LogP contribution >= 0.6 is 11.3 Å². The van der Waals surface area contributed by atoms with Gasteiger partial charge in [-0.15, -0.1) is 0 Å². The third kappa shape index (κ3) is 3.95. The first-order valence-corrected chi connectivity index (χ1v) is 8.71. The lowest BCUT2D eigenvalue weighted by Gasteiger charge is -2.04. The van der Waals surface area contributed by atoms with Crippen LogP contribution in [0.1, 0.15) is 22.5 Å². The maximum absolute atomic E-state index is 12.4. The van der Waals surface area contributed by atoms with Crippen LogP contribution in [0.2, 0.25) is 0 Å². The number of esters is 1. The van der Waals surface area contributed by atoms with E-state index in [-0.39, 0.29) is 24.7 Å². The molecule has 2 heterocycles. The van der Waals surface area contributed by atoms with Crippen molar-refractivity contribution in [1.82, 2.24) is 4.57 Å². The molecule has 0 aliphatic heterocycles. The summed E-state index contributed by atoms with van der Waals surface area (Å²) in [6.45, 7) is 2.22. The normalized spacial score (nSPS) is 11.7. The number of benzene rings is 1. The van der Waals surface area contributed by atoms with Crippen molar-refractivity contribution in [3.05, 3.63) is 56.6 Å². The van der Waals surface area contributed by atoms with Crippen molar-refractivity contribution in [2.45, 2.75) is 19.9 Å². The molecule has 0 unspecified atom stereocenters. The van der Waals surface area contributed by atoms with Crippen LogP contribution in [-0.2, 0) is 16.1 Å². The Morgan fingerprint density at radius 3 is 2.78 bits per heavy atom. The molecule has 9 nitrogen and oxygen atoms in total. The van der Waals surface area contributed by atoms with Crippen molar-refractivity contribution >= 4 is 39.3 Å². The molecule has 3 aromatic rings. The van der Waals surface area contributed by atoms with Gasteiger partial charge < -0.3 is 13.7 Å². The maximum Gasteiger partial charge on any atom is 0.433 e. The van der Waals surface area contributed by atoms with Crippen molar-refractivity contribution in [2.24, 2.45) is 4.99 Å². The Morgan fingerprint density at radius 2 is 2.11 bits per heavy atom. The van der Waals surface area contributed by atoms with Gasteiger partial charge in [0.1, 0.15) is 4.92 Å². The molecule has 140 valence electrons. The first-order chi connectivity index (χ1) is 12.9. The first-order valence-electron chi connectivity index (χ1n) is 7.89. The number of nitro groups is 1. The molecule has 0 saturated carbocycles. The minimum Gasteiger partial charge on any atom is -0.469 e. The zero-order chi connectivity index (χ0) is 19.6. The van der Waals surface area contributed by atoms with Gasteiger partial charge in [-0.3, -0.25) is 19.7 Å². The van der Waals surface area contributed by atoms with E-state index in [1.165, 1.54) is 24.5 Å². The second kappa shape index (κ2) is 7.54. The Morgan fingerprint density at radius 1 is 1.33 bits per heavy atom. The molecule has 1 amide bonds. The number of carbonyl (C=O) groups excluding carboxylic acids is 2. The number of furan rings is 1. The molecule has 27 heavy (non-hydrogen) atoms. The zero-order valence-corrected chi connectivity index (χ0v) is 15.3. The van der Waals surface area contributed by atoms with E-state index in [0.29, 0.717) is 4.80 Å². The summed E-state index contributed by atoms with van der Waals surface area (Å²) in [5.74, 6) is -1.87. The molecule has 1 aromatic carbocycles. The van der Waals surface area contributed by atoms with Gasteiger partial charge in [0.2, 0.25) is 5.76 Å². The highest BCUT2D eigenvalue weighted by atomic mass is 32.1. The van der Waals surface area contributed by atoms with E-state index in [0.717, 1.165) is 21.8 Å². The Balaban J connectivity index is 2.05. The average Bonchev–Trinajstić information content (AvgIpc) is 3.24. The van der Waals surface area contributed by atoms with Crippen LogP contribution in [0, 0.1) is 17.0 Å². The number of ether oxygens (including phenoxy) is 1. The summed E-state index contributed by atoms with van der Waals surface area (Å²) in [4.78, 5) is 38.3. The summed E-state index contributed by atoms with van der Waals surface area (Å²) < 4.78 is 12.2. The Hall–Kier alpha value is -3.27. The fourth-order valence-corrected chi connectivity index (χ4v) is 3.62. The maximum atomic E-state index is 12.4. The monoisotopic (exact) mass is 389 g/mol. The molecule has 3 rings (SSSR count). The quantitative estimate of drug-likeness (QED) is 0.376. The summed E-state index contributed by atoms with van der Waals surface area (Å²) in [7, 11) is 1.31. The van der Waals surface area contributed by atoms with Crippen LogP contribution in [0.25, 0.3) is 10.2 Å². The van der Waals surface area contributed by atoms with Crippen LogP contribution in [0.3, 0.4) is 0 Å². The number of carbonyl (C=O) groups is 2. The van der Waals surface area contributed by atoms with Gasteiger partial charge in [0.15, 0.2) is 4.80 Å². The van der Waals surface area contributed by atoms with E-state index in [1.54, 1.807) is 4.57 Å². The number of thiazole rings is 1. The minimum atomic E-state index is -0.738. The minimum absolute atomic E-state index is 0.115. The molecule has 10 heteroatoms. The largest absolute Gasteiger partial charge is 0.469 e. The predicted molar refractivity (Wildman–Crippen MR) is 96.4 cm³/mol. The second-order valence-electron chi connectivity index (χ2n) is 5.65. The Bertz CT molecular complexity index is 1110. The van der Waals surface area contributed by atoms with E-state index in [2.05, 4.69) is 9.73 Å². The van der Waals surface area contributed by atoms with Gasteiger partial charge in [0.05, 0.1) is 29.8 Å². The summed E-state index contributed by atoms with van der Waals surface area (Å²) in [6.07, 6.45) is 0.115. The number of hydrogen-bond donors (Lipinski definition) is 0. The third-order valence-corrected chi connectivity index (χ3v) is 4.83. The molecule has 0 atom stereocenters. The molecule has 0 aliphatic carbocycles. The summed E-state index contributed by atoms with van der Waals surface area (Å²) >= 11 is 1.28. The lowest BCUT2D eigenvalue weighted by molar-refractivity contribution is -0.402. The van der Waals surface area contributed by atoms with Gasteiger partial charge >= 0.3 is 17.8 Å². The Labute approximate surface area is 156 Å². The SMILES string of the molecule is COC(=O)CCn1c(=NC(=O)c2ccc([N+](=O)[O-])o2)sc2cc(C)ccc21.